The smallest absolute Gasteiger partial charge is 0.179 e. The Morgan fingerprint density at radius 1 is 1.19 bits per heavy atom. The summed E-state index contributed by atoms with van der Waals surface area (Å²) in [6, 6.07) is 7.73. The third-order valence-electron chi connectivity index (χ3n) is 4.90. The quantitative estimate of drug-likeness (QED) is 0.583. The summed E-state index contributed by atoms with van der Waals surface area (Å²) in [5, 5.41) is 28.9. The topological polar surface area (TPSA) is 120 Å². The first-order chi connectivity index (χ1) is 12.8. The van der Waals surface area contributed by atoms with E-state index in [-0.39, 0.29) is 8.90 Å². The van der Waals surface area contributed by atoms with Crippen molar-refractivity contribution in [3.05, 3.63) is 42.1 Å². The van der Waals surface area contributed by atoms with Crippen LogP contribution < -0.4 is 5.32 Å². The van der Waals surface area contributed by atoms with E-state index in [0.717, 1.165) is 41.9 Å². The molecule has 1 aliphatic rings. The van der Waals surface area contributed by atoms with Gasteiger partial charge in [0.1, 0.15) is 17.7 Å². The molecule has 0 saturated heterocycles. The largest absolute Gasteiger partial charge is 0.366 e. The molecule has 1 fully saturated rings. The molecule has 4 aromatic rings. The molecule has 1 saturated carbocycles. The summed E-state index contributed by atoms with van der Waals surface area (Å²) in [4.78, 5) is 7.50. The lowest BCUT2D eigenvalue weighted by atomic mass is 10.1. The molecular weight excluding hydrogens is 330 g/mol. The van der Waals surface area contributed by atoms with Crippen LogP contribution in [0.4, 0.5) is 5.82 Å². The van der Waals surface area contributed by atoms with Crippen molar-refractivity contribution in [3.8, 4) is 6.07 Å². The van der Waals surface area contributed by atoms with Crippen molar-refractivity contribution in [1.29, 1.82) is 5.26 Å². The van der Waals surface area contributed by atoms with Crippen molar-refractivity contribution in [2.24, 2.45) is 0 Å². The molecule has 0 bridgehead atoms. The minimum absolute atomic E-state index is 0. The maximum Gasteiger partial charge on any atom is 0.179 e. The zero-order valence-electron chi connectivity index (χ0n) is 13.8. The number of nitrogens with one attached hydrogen (secondary N) is 2. The summed E-state index contributed by atoms with van der Waals surface area (Å²) >= 11 is 0. The molecule has 0 spiro atoms. The highest BCUT2D eigenvalue weighted by atomic mass is 15.3. The number of nitrogens with zero attached hydrogens (tertiary/aromatic N) is 7. The minimum Gasteiger partial charge on any atom is -0.366 e. The van der Waals surface area contributed by atoms with Crippen molar-refractivity contribution in [2.45, 2.75) is 31.2 Å². The van der Waals surface area contributed by atoms with Crippen LogP contribution in [0.15, 0.2) is 30.6 Å². The molecule has 0 aliphatic heterocycles. The van der Waals surface area contributed by atoms with Gasteiger partial charge in [-0.2, -0.15) is 5.26 Å². The number of H-pyrrole nitrogens is 1. The lowest BCUT2D eigenvalue weighted by Crippen LogP contribution is -2.17. The minimum atomic E-state index is 0. The number of rotatable bonds is 3. The molecule has 0 radical (unpaired) electrons. The molecule has 0 unspecified atom stereocenters. The van der Waals surface area contributed by atoms with Crippen molar-refractivity contribution in [1.82, 2.24) is 34.8 Å². The van der Waals surface area contributed by atoms with E-state index in [2.05, 4.69) is 40.1 Å². The molecule has 1 aliphatic carbocycles. The summed E-state index contributed by atoms with van der Waals surface area (Å²) < 4.78 is 2.09. The number of fused-ring (bicyclic) bond motifs is 3. The van der Waals surface area contributed by atoms with E-state index < -0.39 is 0 Å². The number of anilines is 1. The van der Waals surface area contributed by atoms with Gasteiger partial charge in [0.2, 0.25) is 0 Å². The first kappa shape index (κ1) is 14.8. The van der Waals surface area contributed by atoms with Crippen LogP contribution in [0.1, 0.15) is 39.6 Å². The summed E-state index contributed by atoms with van der Waals surface area (Å²) in [5.74, 6) is 1.98. The van der Waals surface area contributed by atoms with E-state index in [1.807, 2.05) is 18.3 Å². The van der Waals surface area contributed by atoms with Gasteiger partial charge in [-0.05, 0) is 37.5 Å². The molecule has 0 amide bonds. The van der Waals surface area contributed by atoms with E-state index in [9.17, 15) is 0 Å². The molecule has 132 valence electrons. The molecule has 5 rings (SSSR count). The second-order valence-electron chi connectivity index (χ2n) is 6.49. The van der Waals surface area contributed by atoms with Gasteiger partial charge >= 0.3 is 0 Å². The average Bonchev–Trinajstić information content (AvgIpc) is 3.40. The van der Waals surface area contributed by atoms with Crippen LogP contribution >= 0.6 is 0 Å². The molecule has 2 N–H and O–H groups in total. The van der Waals surface area contributed by atoms with E-state index >= 15 is 0 Å². The Balaban J connectivity index is 0.00000112. The fourth-order valence-electron chi connectivity index (χ4n) is 3.69. The third-order valence-corrected chi connectivity index (χ3v) is 4.90. The number of nitriles is 1. The van der Waals surface area contributed by atoms with Crippen molar-refractivity contribution < 1.29 is 2.85 Å². The highest BCUT2D eigenvalue weighted by Gasteiger charge is 2.30. The zero-order chi connectivity index (χ0) is 17.5. The fraction of sp³-hybridized carbons (Fsp3) is 0.294. The Kier molecular flexibility index (Phi) is 3.28. The molecular formula is C17H19N9. The Morgan fingerprint density at radius 3 is 3.00 bits per heavy atom. The van der Waals surface area contributed by atoms with Gasteiger partial charge in [-0.15, -0.1) is 20.4 Å². The van der Waals surface area contributed by atoms with Crippen molar-refractivity contribution >= 4 is 22.6 Å². The van der Waals surface area contributed by atoms with Crippen LogP contribution in [0, 0.1) is 11.3 Å². The van der Waals surface area contributed by atoms with E-state index in [4.69, 9.17) is 5.26 Å². The highest BCUT2D eigenvalue weighted by Crippen LogP contribution is 2.35. The first-order valence-electron chi connectivity index (χ1n) is 8.49. The maximum atomic E-state index is 8.80. The standard InChI is InChI=1S/C17H15N9.2H2/c18-8-12-3-4-14(23-22-12)21-11-2-1-10(7-11)17-25-24-15-9-20-16-13(26(15)17)5-6-19-16;;/h3-6,9-11,19H,1-2,7H2,(H,21,23);2*1H/t10-,11+;;/m1../s1. The molecule has 4 heterocycles. The van der Waals surface area contributed by atoms with Gasteiger partial charge in [-0.25, -0.2) is 4.98 Å². The molecule has 9 nitrogen and oxygen atoms in total. The van der Waals surface area contributed by atoms with Crippen molar-refractivity contribution in [3.63, 3.8) is 0 Å². The van der Waals surface area contributed by atoms with Crippen LogP contribution in [0.5, 0.6) is 0 Å². The van der Waals surface area contributed by atoms with Gasteiger partial charge in [0.25, 0.3) is 0 Å². The monoisotopic (exact) mass is 349 g/mol. The van der Waals surface area contributed by atoms with Gasteiger partial charge in [0.05, 0.1) is 11.7 Å². The van der Waals surface area contributed by atoms with E-state index in [0.29, 0.717) is 17.4 Å². The Hall–Kier alpha value is -3.54. The predicted octanol–water partition coefficient (Wildman–Crippen LogP) is 2.51. The molecule has 0 aromatic carbocycles. The van der Waals surface area contributed by atoms with Gasteiger partial charge in [-0.3, -0.25) is 4.40 Å². The zero-order valence-corrected chi connectivity index (χ0v) is 13.8. The number of aromatic amines is 1. The highest BCUT2D eigenvalue weighted by molar-refractivity contribution is 5.74. The average molecular weight is 349 g/mol. The summed E-state index contributed by atoms with van der Waals surface area (Å²) in [6.07, 6.45) is 6.60. The second kappa shape index (κ2) is 5.77. The SMILES string of the molecule is N#Cc1ccc(N[C@H]2CC[C@@H](c3nnc4cnc5[nH]ccc5n34)C2)nn1.[HH].[HH]. The van der Waals surface area contributed by atoms with E-state index in [1.165, 1.54) is 0 Å². The lowest BCUT2D eigenvalue weighted by Gasteiger charge is -2.13. The Morgan fingerprint density at radius 2 is 2.15 bits per heavy atom. The van der Waals surface area contributed by atoms with Crippen LogP contribution in [-0.4, -0.2) is 40.8 Å². The lowest BCUT2D eigenvalue weighted by molar-refractivity contribution is 0.650. The molecule has 9 heteroatoms. The van der Waals surface area contributed by atoms with E-state index in [1.54, 1.807) is 18.3 Å². The van der Waals surface area contributed by atoms with Gasteiger partial charge < -0.3 is 10.3 Å². The summed E-state index contributed by atoms with van der Waals surface area (Å²) in [7, 11) is 0. The fourth-order valence-corrected chi connectivity index (χ4v) is 3.69. The number of hydrogen-bond donors (Lipinski definition) is 2. The second-order valence-corrected chi connectivity index (χ2v) is 6.49. The number of hydrogen-bond acceptors (Lipinski definition) is 7. The maximum absolute atomic E-state index is 8.80. The van der Waals surface area contributed by atoms with Crippen LogP contribution in [0.2, 0.25) is 0 Å². The van der Waals surface area contributed by atoms with Gasteiger partial charge in [0, 0.05) is 21.0 Å². The number of aromatic nitrogens is 7. The first-order valence-corrected chi connectivity index (χ1v) is 8.49. The Labute approximate surface area is 151 Å². The van der Waals surface area contributed by atoms with Gasteiger partial charge in [0.15, 0.2) is 17.0 Å². The predicted molar refractivity (Wildman–Crippen MR) is 97.6 cm³/mol. The molecule has 2 atom stereocenters. The Bertz CT molecular complexity index is 1130. The molecule has 26 heavy (non-hydrogen) atoms. The van der Waals surface area contributed by atoms with Crippen LogP contribution in [-0.2, 0) is 0 Å². The van der Waals surface area contributed by atoms with Gasteiger partial charge in [-0.1, -0.05) is 0 Å². The summed E-state index contributed by atoms with van der Waals surface area (Å²) in [6.45, 7) is 0. The third kappa shape index (κ3) is 2.35. The normalized spacial score (nSPS) is 19.8. The van der Waals surface area contributed by atoms with Crippen LogP contribution in [0.3, 0.4) is 0 Å². The summed E-state index contributed by atoms with van der Waals surface area (Å²) in [5.41, 5.74) is 2.91. The van der Waals surface area contributed by atoms with Crippen molar-refractivity contribution in [2.75, 3.05) is 5.32 Å². The van der Waals surface area contributed by atoms with Crippen LogP contribution in [0.25, 0.3) is 16.8 Å². The molecule has 4 aromatic heterocycles.